The van der Waals surface area contributed by atoms with Crippen LogP contribution in [-0.2, 0) is 6.54 Å². The third-order valence-electron chi connectivity index (χ3n) is 4.22. The number of hydrogen-bond acceptors (Lipinski definition) is 6. The molecule has 0 radical (unpaired) electrons. The molecule has 2 N–H and O–H groups in total. The smallest absolute Gasteiger partial charge is 0.401 e. The van der Waals surface area contributed by atoms with Gasteiger partial charge in [-0.25, -0.2) is 0 Å². The van der Waals surface area contributed by atoms with Gasteiger partial charge >= 0.3 is 5.95 Å². The maximum atomic E-state index is 12.7. The van der Waals surface area contributed by atoms with E-state index in [4.69, 9.17) is 15.2 Å². The second-order valence-corrected chi connectivity index (χ2v) is 7.23. The summed E-state index contributed by atoms with van der Waals surface area (Å²) < 4.78 is 14.5. The number of nitrogen functional groups attached to an aromatic ring is 1. The van der Waals surface area contributed by atoms with E-state index in [1.54, 1.807) is 37.4 Å². The molecule has 0 aliphatic heterocycles. The van der Waals surface area contributed by atoms with E-state index in [9.17, 15) is 4.79 Å². The summed E-state index contributed by atoms with van der Waals surface area (Å²) in [5, 5.41) is 8.73. The van der Waals surface area contributed by atoms with Crippen LogP contribution in [0.3, 0.4) is 0 Å². The van der Waals surface area contributed by atoms with Crippen LogP contribution in [0.25, 0.3) is 5.65 Å². The molecule has 0 bridgehead atoms. The lowest BCUT2D eigenvalue weighted by atomic mass is 10.1. The van der Waals surface area contributed by atoms with Crippen molar-refractivity contribution >= 4 is 33.3 Å². The average Bonchev–Trinajstić information content (AvgIpc) is 3.00. The second kappa shape index (κ2) is 9.01. The molecular weight excluding hydrogens is 426 g/mol. The minimum atomic E-state index is -0.143. The first-order valence-corrected chi connectivity index (χ1v) is 9.87. The topological polar surface area (TPSA) is 95.6 Å². The molecule has 0 unspecified atom stereocenters. The lowest BCUT2D eigenvalue weighted by molar-refractivity contribution is -0.723. The van der Waals surface area contributed by atoms with Crippen LogP contribution in [0.15, 0.2) is 34.8 Å². The van der Waals surface area contributed by atoms with E-state index in [2.05, 4.69) is 33.1 Å². The molecule has 148 valence electrons. The number of Topliss-reactive ketones (excluding diaryl/α,β-unsaturated/α-hetero) is 1. The standard InChI is InChI=1S/C19H22BrN5O3/c1-3-4-5-8-28-18-7-6-17-22-24(19(21)25(17)23-18)12-16(26)13-9-14(20)11-15(10-13)27-2/h6-7,9-11,21H,3-5,8,12H2,1-2H3/p+1. The van der Waals surface area contributed by atoms with Crippen molar-refractivity contribution in [2.45, 2.75) is 32.7 Å². The summed E-state index contributed by atoms with van der Waals surface area (Å²) in [5.41, 5.74) is 7.20. The van der Waals surface area contributed by atoms with Gasteiger partial charge in [-0.1, -0.05) is 50.4 Å². The highest BCUT2D eigenvalue weighted by atomic mass is 79.9. The number of nitrogens with zero attached hydrogens (tertiary/aromatic N) is 4. The Bertz CT molecular complexity index is 989. The van der Waals surface area contributed by atoms with Crippen molar-refractivity contribution in [3.8, 4) is 11.6 Å². The van der Waals surface area contributed by atoms with Gasteiger partial charge < -0.3 is 9.47 Å². The van der Waals surface area contributed by atoms with Gasteiger partial charge in [0.2, 0.25) is 5.88 Å². The third kappa shape index (κ3) is 4.59. The molecule has 0 fully saturated rings. The molecule has 0 aliphatic rings. The van der Waals surface area contributed by atoms with Crippen LogP contribution < -0.4 is 19.9 Å². The van der Waals surface area contributed by atoms with E-state index in [1.807, 2.05) is 0 Å². The van der Waals surface area contributed by atoms with Crippen LogP contribution in [0.2, 0.25) is 0 Å². The summed E-state index contributed by atoms with van der Waals surface area (Å²) in [6.45, 7) is 2.73. The average molecular weight is 449 g/mol. The number of ketones is 1. The van der Waals surface area contributed by atoms with Gasteiger partial charge in [0.15, 0.2) is 12.3 Å². The predicted octanol–water partition coefficient (Wildman–Crippen LogP) is 2.82. The zero-order valence-electron chi connectivity index (χ0n) is 15.9. The van der Waals surface area contributed by atoms with Crippen molar-refractivity contribution in [1.82, 2.24) is 14.7 Å². The molecule has 28 heavy (non-hydrogen) atoms. The third-order valence-corrected chi connectivity index (χ3v) is 4.67. The Morgan fingerprint density at radius 1 is 1.29 bits per heavy atom. The molecule has 0 saturated carbocycles. The van der Waals surface area contributed by atoms with Crippen LogP contribution in [0.5, 0.6) is 11.6 Å². The first-order chi connectivity index (χ1) is 13.5. The highest BCUT2D eigenvalue weighted by Gasteiger charge is 2.21. The molecule has 0 spiro atoms. The number of methoxy groups -OCH3 is 1. The van der Waals surface area contributed by atoms with Gasteiger partial charge in [-0.3, -0.25) is 10.5 Å². The molecule has 2 heterocycles. The van der Waals surface area contributed by atoms with Crippen LogP contribution in [0, 0.1) is 0 Å². The van der Waals surface area contributed by atoms with E-state index in [0.29, 0.717) is 29.4 Å². The Hall–Kier alpha value is -2.68. The highest BCUT2D eigenvalue weighted by Crippen LogP contribution is 2.21. The molecule has 0 atom stereocenters. The Balaban J connectivity index is 1.79. The normalized spacial score (nSPS) is 11.0. The van der Waals surface area contributed by atoms with Crippen LogP contribution >= 0.6 is 15.9 Å². The van der Waals surface area contributed by atoms with E-state index in [1.165, 1.54) is 9.20 Å². The number of fused-ring (bicyclic) bond motifs is 1. The molecule has 0 saturated heterocycles. The van der Waals surface area contributed by atoms with E-state index in [-0.39, 0.29) is 18.3 Å². The van der Waals surface area contributed by atoms with E-state index >= 15 is 0 Å². The minimum Gasteiger partial charge on any atom is -0.497 e. The summed E-state index contributed by atoms with van der Waals surface area (Å²) >= 11 is 3.38. The number of aromatic nitrogens is 4. The maximum absolute atomic E-state index is 12.7. The molecule has 0 aliphatic carbocycles. The number of benzene rings is 1. The van der Waals surface area contributed by atoms with Gasteiger partial charge in [-0.05, 0) is 24.6 Å². The number of anilines is 1. The summed E-state index contributed by atoms with van der Waals surface area (Å²) in [4.78, 5) is 12.7. The number of rotatable bonds is 9. The van der Waals surface area contributed by atoms with Crippen LogP contribution in [0.4, 0.5) is 5.95 Å². The van der Waals surface area contributed by atoms with Crippen molar-refractivity contribution in [2.24, 2.45) is 0 Å². The van der Waals surface area contributed by atoms with E-state index < -0.39 is 0 Å². The maximum Gasteiger partial charge on any atom is 0.401 e. The van der Waals surface area contributed by atoms with Gasteiger partial charge in [0.1, 0.15) is 5.75 Å². The van der Waals surface area contributed by atoms with Crippen molar-refractivity contribution in [3.63, 3.8) is 0 Å². The summed E-state index contributed by atoms with van der Waals surface area (Å²) in [6.07, 6.45) is 3.21. The Labute approximate surface area is 171 Å². The first kappa shape index (κ1) is 20.1. The molecular formula is C19H23BrN5O3+. The van der Waals surface area contributed by atoms with Crippen molar-refractivity contribution in [1.29, 1.82) is 0 Å². The van der Waals surface area contributed by atoms with Gasteiger partial charge in [-0.15, -0.1) is 4.68 Å². The fourth-order valence-corrected chi connectivity index (χ4v) is 3.19. The zero-order chi connectivity index (χ0) is 20.1. The summed E-state index contributed by atoms with van der Waals surface area (Å²) in [6, 6.07) is 8.72. The number of hydrogen-bond donors (Lipinski definition) is 1. The first-order valence-electron chi connectivity index (χ1n) is 9.07. The lowest BCUT2D eigenvalue weighted by Crippen LogP contribution is -2.42. The lowest BCUT2D eigenvalue weighted by Gasteiger charge is -2.04. The van der Waals surface area contributed by atoms with Gasteiger partial charge in [0.05, 0.1) is 13.7 Å². The second-order valence-electron chi connectivity index (χ2n) is 6.32. The largest absolute Gasteiger partial charge is 0.497 e. The van der Waals surface area contributed by atoms with E-state index in [0.717, 1.165) is 23.7 Å². The van der Waals surface area contributed by atoms with Gasteiger partial charge in [0, 0.05) is 22.2 Å². The van der Waals surface area contributed by atoms with Crippen LogP contribution in [0.1, 0.15) is 36.5 Å². The van der Waals surface area contributed by atoms with Crippen LogP contribution in [-0.4, -0.2) is 34.2 Å². The molecule has 9 heteroatoms. The Morgan fingerprint density at radius 2 is 2.11 bits per heavy atom. The number of nitrogens with two attached hydrogens (primary N) is 1. The number of ether oxygens (including phenoxy) is 2. The summed E-state index contributed by atoms with van der Waals surface area (Å²) in [5.74, 6) is 1.18. The molecule has 2 aromatic heterocycles. The van der Waals surface area contributed by atoms with Gasteiger partial charge in [-0.2, -0.15) is 0 Å². The fraction of sp³-hybridized carbons (Fsp3) is 0.368. The predicted molar refractivity (Wildman–Crippen MR) is 108 cm³/mol. The SMILES string of the molecule is CCCCCOc1ccc2n[n+](CC(=O)c3cc(Br)cc(OC)c3)c(N)n2n1. The molecule has 0 amide bonds. The molecule has 8 nitrogen and oxygen atoms in total. The minimum absolute atomic E-state index is 0.0124. The number of unbranched alkanes of at least 4 members (excludes halogenated alkanes) is 2. The molecule has 3 rings (SSSR count). The Morgan fingerprint density at radius 3 is 2.86 bits per heavy atom. The Kier molecular flexibility index (Phi) is 6.45. The monoisotopic (exact) mass is 448 g/mol. The fourth-order valence-electron chi connectivity index (χ4n) is 2.72. The van der Waals surface area contributed by atoms with Gasteiger partial charge in [0.25, 0.3) is 5.65 Å². The zero-order valence-corrected chi connectivity index (χ0v) is 17.5. The quantitative estimate of drug-likeness (QED) is 0.307. The van der Waals surface area contributed by atoms with Crippen molar-refractivity contribution < 1.29 is 19.0 Å². The molecule has 3 aromatic rings. The van der Waals surface area contributed by atoms with Crippen molar-refractivity contribution in [3.05, 3.63) is 40.4 Å². The number of carbonyl (C=O) groups is 1. The number of carbonyl (C=O) groups excluding carboxylic acids is 1. The van der Waals surface area contributed by atoms with Crippen molar-refractivity contribution in [2.75, 3.05) is 19.5 Å². The summed E-state index contributed by atoms with van der Waals surface area (Å²) in [7, 11) is 1.55. The number of halogens is 1. The highest BCUT2D eigenvalue weighted by molar-refractivity contribution is 9.10. The molecule has 1 aromatic carbocycles.